The average molecular weight is 432 g/mol. The highest BCUT2D eigenvalue weighted by molar-refractivity contribution is 8.01. The Bertz CT molecular complexity index is 993. The van der Waals surface area contributed by atoms with Gasteiger partial charge in [0, 0.05) is 22.8 Å². The molecule has 6 nitrogen and oxygen atoms in total. The Hall–Kier alpha value is -2.91. The van der Waals surface area contributed by atoms with Gasteiger partial charge in [-0.25, -0.2) is 9.37 Å². The Labute approximate surface area is 175 Å². The summed E-state index contributed by atoms with van der Waals surface area (Å²) in [5.74, 6) is 0.0702. The van der Waals surface area contributed by atoms with Crippen molar-refractivity contribution in [3.05, 3.63) is 65.4 Å². The number of hydrogen-bond acceptors (Lipinski definition) is 6. The number of thiazole rings is 1. The number of amides is 2. The largest absolute Gasteiger partial charge is 0.497 e. The third-order valence-electron chi connectivity index (χ3n) is 3.68. The van der Waals surface area contributed by atoms with Crippen molar-refractivity contribution in [2.45, 2.75) is 10.8 Å². The number of carbonyl (C=O) groups excluding carboxylic acids is 2. The second-order valence-electron chi connectivity index (χ2n) is 5.91. The first-order valence-corrected chi connectivity index (χ1v) is 10.4. The molecule has 2 amide bonds. The van der Waals surface area contributed by atoms with E-state index in [1.807, 2.05) is 0 Å². The zero-order valence-corrected chi connectivity index (χ0v) is 17.1. The van der Waals surface area contributed by atoms with E-state index in [1.54, 1.807) is 36.8 Å². The lowest BCUT2D eigenvalue weighted by molar-refractivity contribution is -0.116. The molecule has 2 aromatic carbocycles. The van der Waals surface area contributed by atoms with Gasteiger partial charge in [0.25, 0.3) is 0 Å². The van der Waals surface area contributed by atoms with E-state index in [0.717, 1.165) is 0 Å². The summed E-state index contributed by atoms with van der Waals surface area (Å²) in [5.41, 5.74) is 1.82. The van der Waals surface area contributed by atoms with Crippen LogP contribution in [0.3, 0.4) is 0 Å². The Morgan fingerprint density at radius 3 is 2.62 bits per heavy atom. The van der Waals surface area contributed by atoms with Gasteiger partial charge in [-0.3, -0.25) is 9.59 Å². The lowest BCUT2D eigenvalue weighted by Gasteiger charge is -2.06. The van der Waals surface area contributed by atoms with Gasteiger partial charge in [-0.1, -0.05) is 17.8 Å². The Kier molecular flexibility index (Phi) is 7.20. The maximum atomic E-state index is 12.9. The van der Waals surface area contributed by atoms with Gasteiger partial charge in [-0.2, -0.15) is 0 Å². The van der Waals surface area contributed by atoms with Crippen LogP contribution in [0.1, 0.15) is 5.69 Å². The highest BCUT2D eigenvalue weighted by Crippen LogP contribution is 2.23. The number of halogens is 1. The fourth-order valence-corrected chi connectivity index (χ4v) is 4.01. The molecule has 0 radical (unpaired) electrons. The summed E-state index contributed by atoms with van der Waals surface area (Å²) in [5, 5.41) is 7.29. The monoisotopic (exact) mass is 431 g/mol. The number of benzene rings is 2. The van der Waals surface area contributed by atoms with Crippen LogP contribution in [-0.4, -0.2) is 29.7 Å². The van der Waals surface area contributed by atoms with Crippen molar-refractivity contribution in [2.75, 3.05) is 23.5 Å². The van der Waals surface area contributed by atoms with Gasteiger partial charge in [0.2, 0.25) is 11.8 Å². The predicted octanol–water partition coefficient (Wildman–Crippen LogP) is 4.20. The molecule has 3 aromatic rings. The fraction of sp³-hybridized carbons (Fsp3) is 0.150. The number of nitrogens with one attached hydrogen (secondary N) is 2. The van der Waals surface area contributed by atoms with E-state index < -0.39 is 0 Å². The van der Waals surface area contributed by atoms with Crippen molar-refractivity contribution < 1.29 is 18.7 Å². The fourth-order valence-electron chi connectivity index (χ4n) is 2.36. The van der Waals surface area contributed by atoms with Gasteiger partial charge in [0.15, 0.2) is 4.34 Å². The molecule has 0 saturated carbocycles. The molecule has 0 bridgehead atoms. The SMILES string of the molecule is COc1cccc(NC(=O)Cc2csc(SCC(=O)Nc3ccc(F)cc3)n2)c1. The lowest BCUT2D eigenvalue weighted by atomic mass is 10.2. The van der Waals surface area contributed by atoms with Gasteiger partial charge >= 0.3 is 0 Å². The Balaban J connectivity index is 1.46. The highest BCUT2D eigenvalue weighted by atomic mass is 32.2. The predicted molar refractivity (Wildman–Crippen MR) is 113 cm³/mol. The number of anilines is 2. The van der Waals surface area contributed by atoms with E-state index in [4.69, 9.17) is 4.74 Å². The maximum Gasteiger partial charge on any atom is 0.234 e. The molecule has 0 fully saturated rings. The zero-order valence-electron chi connectivity index (χ0n) is 15.5. The molecule has 0 aliphatic rings. The number of nitrogens with zero attached hydrogens (tertiary/aromatic N) is 1. The van der Waals surface area contributed by atoms with E-state index in [2.05, 4.69) is 15.6 Å². The molecular formula is C20H18FN3O3S2. The third kappa shape index (κ3) is 6.58. The van der Waals surface area contributed by atoms with E-state index in [-0.39, 0.29) is 29.8 Å². The molecule has 1 heterocycles. The van der Waals surface area contributed by atoms with Crippen LogP contribution >= 0.6 is 23.1 Å². The summed E-state index contributed by atoms with van der Waals surface area (Å²) in [6, 6.07) is 12.7. The molecule has 2 N–H and O–H groups in total. The van der Waals surface area contributed by atoms with Gasteiger partial charge in [0.1, 0.15) is 11.6 Å². The summed E-state index contributed by atoms with van der Waals surface area (Å²) < 4.78 is 18.7. The molecular weight excluding hydrogens is 413 g/mol. The first-order chi connectivity index (χ1) is 14.0. The number of carbonyl (C=O) groups is 2. The normalized spacial score (nSPS) is 10.4. The topological polar surface area (TPSA) is 80.3 Å². The van der Waals surface area contributed by atoms with Gasteiger partial charge in [0.05, 0.1) is 25.0 Å². The van der Waals surface area contributed by atoms with Gasteiger partial charge in [-0.05, 0) is 36.4 Å². The number of ether oxygens (including phenoxy) is 1. The van der Waals surface area contributed by atoms with E-state index in [9.17, 15) is 14.0 Å². The van der Waals surface area contributed by atoms with Gasteiger partial charge < -0.3 is 15.4 Å². The van der Waals surface area contributed by atoms with Crippen LogP contribution in [0.5, 0.6) is 5.75 Å². The summed E-state index contributed by atoms with van der Waals surface area (Å²) in [4.78, 5) is 28.6. The van der Waals surface area contributed by atoms with Crippen molar-refractivity contribution in [2.24, 2.45) is 0 Å². The zero-order chi connectivity index (χ0) is 20.6. The number of methoxy groups -OCH3 is 1. The van der Waals surface area contributed by atoms with Crippen molar-refractivity contribution in [3.63, 3.8) is 0 Å². The first-order valence-electron chi connectivity index (χ1n) is 8.58. The van der Waals surface area contributed by atoms with Crippen molar-refractivity contribution in [3.8, 4) is 5.75 Å². The number of rotatable bonds is 8. The third-order valence-corrected chi connectivity index (χ3v) is 5.75. The minimum absolute atomic E-state index is 0.135. The summed E-state index contributed by atoms with van der Waals surface area (Å²) in [6.45, 7) is 0. The maximum absolute atomic E-state index is 12.9. The van der Waals surface area contributed by atoms with Crippen LogP contribution in [0.25, 0.3) is 0 Å². The van der Waals surface area contributed by atoms with Crippen LogP contribution in [-0.2, 0) is 16.0 Å². The second-order valence-corrected chi connectivity index (χ2v) is 7.99. The molecule has 9 heteroatoms. The van der Waals surface area contributed by atoms with Crippen LogP contribution in [0.15, 0.2) is 58.3 Å². The standard InChI is InChI=1S/C20H18FN3O3S2/c1-27-17-4-2-3-15(9-17)23-18(25)10-16-11-28-20(24-16)29-12-19(26)22-14-7-5-13(21)6-8-14/h2-9,11H,10,12H2,1H3,(H,22,26)(H,23,25). The van der Waals surface area contributed by atoms with E-state index >= 15 is 0 Å². The minimum atomic E-state index is -0.358. The molecule has 0 atom stereocenters. The lowest BCUT2D eigenvalue weighted by Crippen LogP contribution is -2.15. The summed E-state index contributed by atoms with van der Waals surface area (Å²) >= 11 is 2.66. The second kappa shape index (κ2) is 10.0. The van der Waals surface area contributed by atoms with Crippen LogP contribution in [0.4, 0.5) is 15.8 Å². The first kappa shape index (κ1) is 20.8. The van der Waals surface area contributed by atoms with E-state index in [0.29, 0.717) is 27.2 Å². The summed E-state index contributed by atoms with van der Waals surface area (Å²) in [6.07, 6.45) is 0.135. The molecule has 0 saturated heterocycles. The molecule has 0 unspecified atom stereocenters. The van der Waals surface area contributed by atoms with Crippen molar-refractivity contribution in [1.82, 2.24) is 4.98 Å². The minimum Gasteiger partial charge on any atom is -0.497 e. The average Bonchev–Trinajstić information content (AvgIpc) is 3.15. The number of aromatic nitrogens is 1. The molecule has 29 heavy (non-hydrogen) atoms. The van der Waals surface area contributed by atoms with Crippen LogP contribution in [0, 0.1) is 5.82 Å². The summed E-state index contributed by atoms with van der Waals surface area (Å²) in [7, 11) is 1.56. The molecule has 0 spiro atoms. The van der Waals surface area contributed by atoms with Crippen LogP contribution in [0.2, 0.25) is 0 Å². The molecule has 150 valence electrons. The Morgan fingerprint density at radius 1 is 1.10 bits per heavy atom. The molecule has 0 aliphatic carbocycles. The van der Waals surface area contributed by atoms with Gasteiger partial charge in [-0.15, -0.1) is 11.3 Å². The molecule has 0 aliphatic heterocycles. The molecule has 1 aromatic heterocycles. The van der Waals surface area contributed by atoms with Crippen molar-refractivity contribution >= 4 is 46.3 Å². The number of thioether (sulfide) groups is 1. The van der Waals surface area contributed by atoms with E-state index in [1.165, 1.54) is 47.4 Å². The smallest absolute Gasteiger partial charge is 0.234 e. The van der Waals surface area contributed by atoms with Crippen molar-refractivity contribution in [1.29, 1.82) is 0 Å². The molecule has 3 rings (SSSR count). The Morgan fingerprint density at radius 2 is 1.86 bits per heavy atom. The highest BCUT2D eigenvalue weighted by Gasteiger charge is 2.11. The number of hydrogen-bond donors (Lipinski definition) is 2. The quantitative estimate of drug-likeness (QED) is 0.523. The van der Waals surface area contributed by atoms with Crippen LogP contribution < -0.4 is 15.4 Å².